The van der Waals surface area contributed by atoms with E-state index in [4.69, 9.17) is 9.47 Å². The van der Waals surface area contributed by atoms with Gasteiger partial charge in [0.25, 0.3) is 0 Å². The van der Waals surface area contributed by atoms with Crippen molar-refractivity contribution in [3.05, 3.63) is 65.4 Å². The van der Waals surface area contributed by atoms with Crippen LogP contribution in [0, 0.1) is 5.92 Å². The van der Waals surface area contributed by atoms with Gasteiger partial charge in [0.1, 0.15) is 17.6 Å². The first-order valence-corrected chi connectivity index (χ1v) is 11.4. The Bertz CT molecular complexity index is 1110. The summed E-state index contributed by atoms with van der Waals surface area (Å²) in [7, 11) is 1.59. The smallest absolute Gasteiger partial charge is 0.338 e. The molecule has 1 aliphatic carbocycles. The van der Waals surface area contributed by atoms with E-state index in [2.05, 4.69) is 4.98 Å². The van der Waals surface area contributed by atoms with Crippen molar-refractivity contribution in [3.8, 4) is 5.75 Å². The molecule has 1 saturated carbocycles. The number of ether oxygens (including phenoxy) is 2. The summed E-state index contributed by atoms with van der Waals surface area (Å²) in [5.41, 5.74) is 2.14. The second kappa shape index (κ2) is 9.19. The number of carbonyl (C=O) groups excluding carboxylic acids is 2. The molecule has 3 aromatic rings. The number of benzene rings is 2. The minimum atomic E-state index is -0.796. The second-order valence-electron chi connectivity index (χ2n) is 9.26. The van der Waals surface area contributed by atoms with E-state index in [0.717, 1.165) is 48.4 Å². The van der Waals surface area contributed by atoms with E-state index >= 15 is 0 Å². The molecule has 5 heteroatoms. The highest BCUT2D eigenvalue weighted by Gasteiger charge is 2.41. The Morgan fingerprint density at radius 3 is 2.59 bits per heavy atom. The maximum Gasteiger partial charge on any atom is 0.338 e. The molecule has 1 fully saturated rings. The summed E-state index contributed by atoms with van der Waals surface area (Å²) in [5, 5.41) is 1.05. The molecule has 0 aliphatic heterocycles. The van der Waals surface area contributed by atoms with Crippen LogP contribution in [0.25, 0.3) is 10.9 Å². The van der Waals surface area contributed by atoms with Crippen molar-refractivity contribution in [3.63, 3.8) is 0 Å². The monoisotopic (exact) mass is 433 g/mol. The maximum atomic E-state index is 13.2. The number of fused-ring (bicyclic) bond motifs is 1. The van der Waals surface area contributed by atoms with Crippen LogP contribution in [0.4, 0.5) is 0 Å². The first kappa shape index (κ1) is 22.1. The summed E-state index contributed by atoms with van der Waals surface area (Å²) in [4.78, 5) is 28.3. The van der Waals surface area contributed by atoms with Crippen molar-refractivity contribution < 1.29 is 19.1 Å². The van der Waals surface area contributed by atoms with Crippen LogP contribution in [0.5, 0.6) is 5.75 Å². The first-order valence-electron chi connectivity index (χ1n) is 11.4. The van der Waals surface area contributed by atoms with Crippen LogP contribution in [0.2, 0.25) is 0 Å². The summed E-state index contributed by atoms with van der Waals surface area (Å²) in [5.74, 6) is 0.539. The molecule has 1 N–H and O–H groups in total. The van der Waals surface area contributed by atoms with Gasteiger partial charge >= 0.3 is 5.97 Å². The lowest BCUT2D eigenvalue weighted by atomic mass is 9.69. The molecule has 0 spiro atoms. The molecule has 1 atom stereocenters. The van der Waals surface area contributed by atoms with E-state index < -0.39 is 5.60 Å². The van der Waals surface area contributed by atoms with Crippen LogP contribution in [0.3, 0.4) is 0 Å². The van der Waals surface area contributed by atoms with Gasteiger partial charge in [0, 0.05) is 23.2 Å². The number of aromatic amines is 1. The molecule has 0 amide bonds. The van der Waals surface area contributed by atoms with Gasteiger partial charge in [0.2, 0.25) is 0 Å². The summed E-state index contributed by atoms with van der Waals surface area (Å²) in [6.45, 7) is 3.94. The molecular weight excluding hydrogens is 402 g/mol. The van der Waals surface area contributed by atoms with E-state index in [1.165, 1.54) is 6.42 Å². The van der Waals surface area contributed by atoms with Crippen molar-refractivity contribution in [2.45, 2.75) is 57.5 Å². The molecule has 168 valence electrons. The van der Waals surface area contributed by atoms with Crippen LogP contribution in [-0.4, -0.2) is 30.0 Å². The quantitative estimate of drug-likeness (QED) is 0.351. The largest absolute Gasteiger partial charge is 0.497 e. The Morgan fingerprint density at radius 2 is 1.88 bits per heavy atom. The van der Waals surface area contributed by atoms with E-state index in [-0.39, 0.29) is 11.9 Å². The van der Waals surface area contributed by atoms with E-state index in [0.29, 0.717) is 22.8 Å². The molecule has 0 radical (unpaired) electrons. The third kappa shape index (κ3) is 4.43. The third-order valence-electron chi connectivity index (χ3n) is 6.77. The number of aromatic nitrogens is 1. The number of nitrogens with one attached hydrogen (secondary N) is 1. The highest BCUT2D eigenvalue weighted by atomic mass is 16.6. The Hall–Kier alpha value is -3.08. The number of methoxy groups -OCH3 is 1. The number of hydrogen-bond acceptors (Lipinski definition) is 4. The zero-order chi connectivity index (χ0) is 22.7. The zero-order valence-electron chi connectivity index (χ0n) is 19.0. The van der Waals surface area contributed by atoms with Crippen molar-refractivity contribution in [1.29, 1.82) is 0 Å². The molecule has 1 aliphatic rings. The lowest BCUT2D eigenvalue weighted by molar-refractivity contribution is -0.0269. The maximum absolute atomic E-state index is 13.2. The predicted molar refractivity (Wildman–Crippen MR) is 125 cm³/mol. The summed E-state index contributed by atoms with van der Waals surface area (Å²) < 4.78 is 11.5. The van der Waals surface area contributed by atoms with Gasteiger partial charge in [0.05, 0.1) is 12.7 Å². The standard InChI is InChI=1S/C27H31NO4/c1-27(2,32-26(30)20-10-9-18-13-14-28-24(18)16-20)25(19-7-5-4-6-8-19)23-12-11-22(31-3)15-21(23)17-29/h9-17,19,25,28H,4-8H2,1-3H3. The molecular formula is C27H31NO4. The van der Waals surface area contributed by atoms with Gasteiger partial charge < -0.3 is 14.5 Å². The fraction of sp³-hybridized carbons (Fsp3) is 0.407. The van der Waals surface area contributed by atoms with Gasteiger partial charge in [-0.25, -0.2) is 4.79 Å². The van der Waals surface area contributed by atoms with Gasteiger partial charge in [-0.05, 0) is 73.9 Å². The summed E-state index contributed by atoms with van der Waals surface area (Å²) in [6.07, 6.45) is 8.39. The lowest BCUT2D eigenvalue weighted by Crippen LogP contribution is -2.40. The number of aldehydes is 1. The molecule has 1 unspecified atom stereocenters. The Balaban J connectivity index is 1.69. The van der Waals surface area contributed by atoms with Crippen molar-refractivity contribution >= 4 is 23.2 Å². The van der Waals surface area contributed by atoms with Crippen LogP contribution in [-0.2, 0) is 4.74 Å². The Morgan fingerprint density at radius 1 is 1.09 bits per heavy atom. The number of H-pyrrole nitrogens is 1. The summed E-state index contributed by atoms with van der Waals surface area (Å²) >= 11 is 0. The van der Waals surface area contributed by atoms with Gasteiger partial charge in [-0.15, -0.1) is 0 Å². The molecule has 1 heterocycles. The third-order valence-corrected chi connectivity index (χ3v) is 6.77. The van der Waals surface area contributed by atoms with Crippen LogP contribution < -0.4 is 4.74 Å². The molecule has 2 aromatic carbocycles. The number of esters is 1. The van der Waals surface area contributed by atoms with Gasteiger partial charge in [0.15, 0.2) is 0 Å². The van der Waals surface area contributed by atoms with Gasteiger partial charge in [-0.2, -0.15) is 0 Å². The summed E-state index contributed by atoms with van der Waals surface area (Å²) in [6, 6.07) is 13.1. The Kier molecular flexibility index (Phi) is 6.35. The predicted octanol–water partition coefficient (Wildman–Crippen LogP) is 6.29. The topological polar surface area (TPSA) is 68.4 Å². The zero-order valence-corrected chi connectivity index (χ0v) is 19.0. The normalized spacial score (nSPS) is 16.0. The molecule has 0 bridgehead atoms. The van der Waals surface area contributed by atoms with Crippen molar-refractivity contribution in [1.82, 2.24) is 4.98 Å². The van der Waals surface area contributed by atoms with Gasteiger partial charge in [-0.3, -0.25) is 4.79 Å². The molecule has 0 saturated heterocycles. The van der Waals surface area contributed by atoms with Gasteiger partial charge in [-0.1, -0.05) is 31.4 Å². The molecule has 5 nitrogen and oxygen atoms in total. The minimum absolute atomic E-state index is 0.0907. The number of rotatable bonds is 7. The molecule has 4 rings (SSSR count). The van der Waals surface area contributed by atoms with Crippen molar-refractivity contribution in [2.75, 3.05) is 7.11 Å². The minimum Gasteiger partial charge on any atom is -0.497 e. The van der Waals surface area contributed by atoms with E-state index in [9.17, 15) is 9.59 Å². The fourth-order valence-corrected chi connectivity index (χ4v) is 5.26. The second-order valence-corrected chi connectivity index (χ2v) is 9.26. The molecule has 32 heavy (non-hydrogen) atoms. The average molecular weight is 434 g/mol. The van der Waals surface area contributed by atoms with E-state index in [1.807, 2.05) is 50.4 Å². The highest BCUT2D eigenvalue weighted by molar-refractivity contribution is 5.94. The first-order chi connectivity index (χ1) is 15.4. The highest BCUT2D eigenvalue weighted by Crippen LogP contribution is 2.45. The SMILES string of the molecule is COc1ccc(C(C2CCCCC2)C(C)(C)OC(=O)c2ccc3cc[nH]c3c2)c(C=O)c1. The Labute approximate surface area is 189 Å². The number of carbonyl (C=O) groups is 2. The van der Waals surface area contributed by atoms with Crippen LogP contribution >= 0.6 is 0 Å². The lowest BCUT2D eigenvalue weighted by Gasteiger charge is -2.41. The number of hydrogen-bond donors (Lipinski definition) is 1. The van der Waals surface area contributed by atoms with E-state index in [1.54, 1.807) is 19.2 Å². The van der Waals surface area contributed by atoms with Crippen LogP contribution in [0.15, 0.2) is 48.7 Å². The van der Waals surface area contributed by atoms with Crippen LogP contribution in [0.1, 0.15) is 78.1 Å². The fourth-order valence-electron chi connectivity index (χ4n) is 5.26. The average Bonchev–Trinajstić information content (AvgIpc) is 3.27. The van der Waals surface area contributed by atoms with Crippen molar-refractivity contribution in [2.24, 2.45) is 5.92 Å². The molecule has 1 aromatic heterocycles.